The first-order valence-corrected chi connectivity index (χ1v) is 10.6. The van der Waals surface area contributed by atoms with Crippen LogP contribution in [-0.2, 0) is 0 Å². The molecule has 0 saturated heterocycles. The molecule has 0 fully saturated rings. The Balaban J connectivity index is 1.94. The number of rotatable bonds is 8. The molecule has 0 unspecified atom stereocenters. The lowest BCUT2D eigenvalue weighted by Crippen LogP contribution is -2.03. The Morgan fingerprint density at radius 1 is 1.07 bits per heavy atom. The van der Waals surface area contributed by atoms with Crippen LogP contribution in [0.25, 0.3) is 22.4 Å². The number of benzene rings is 2. The molecule has 0 aliphatic heterocycles. The van der Waals surface area contributed by atoms with Gasteiger partial charge < -0.3 is 10.5 Å². The van der Waals surface area contributed by atoms with E-state index >= 15 is 0 Å². The van der Waals surface area contributed by atoms with Crippen molar-refractivity contribution in [2.75, 3.05) is 12.3 Å². The fourth-order valence-corrected chi connectivity index (χ4v) is 3.71. The first-order valence-electron chi connectivity index (χ1n) is 10.2. The summed E-state index contributed by atoms with van der Waals surface area (Å²) in [7, 11) is 0. The maximum Gasteiger partial charge on any atom is 0.142 e. The number of pyridine rings is 1. The summed E-state index contributed by atoms with van der Waals surface area (Å²) in [6.07, 6.45) is 4.68. The molecule has 0 amide bonds. The molecule has 0 aliphatic rings. The third-order valence-electron chi connectivity index (χ3n) is 5.09. The van der Waals surface area contributed by atoms with Crippen molar-refractivity contribution in [3.05, 3.63) is 64.7 Å². The van der Waals surface area contributed by atoms with Crippen LogP contribution >= 0.6 is 11.6 Å². The van der Waals surface area contributed by atoms with Gasteiger partial charge in [0.05, 0.1) is 12.3 Å². The summed E-state index contributed by atoms with van der Waals surface area (Å²) in [6.45, 7) is 4.86. The molecule has 0 radical (unpaired) electrons. The van der Waals surface area contributed by atoms with Crippen LogP contribution < -0.4 is 10.5 Å². The second-order valence-corrected chi connectivity index (χ2v) is 7.71. The number of unbranched alkanes of at least 4 members (excludes halogenated alkanes) is 3. The van der Waals surface area contributed by atoms with Crippen LogP contribution in [0.3, 0.4) is 0 Å². The molecule has 1 heterocycles. The molecule has 3 rings (SSSR count). The van der Waals surface area contributed by atoms with Gasteiger partial charge in [-0.05, 0) is 48.7 Å². The van der Waals surface area contributed by atoms with Crippen LogP contribution in [0.1, 0.15) is 43.7 Å². The van der Waals surface area contributed by atoms with Crippen molar-refractivity contribution in [2.45, 2.75) is 39.5 Å². The Labute approximate surface area is 183 Å². The van der Waals surface area contributed by atoms with Gasteiger partial charge in [0.15, 0.2) is 0 Å². The Morgan fingerprint density at radius 2 is 1.83 bits per heavy atom. The summed E-state index contributed by atoms with van der Waals surface area (Å²) in [4.78, 5) is 4.50. The maximum absolute atomic E-state index is 9.72. The fraction of sp³-hybridized carbons (Fsp3) is 0.280. The third-order valence-corrected chi connectivity index (χ3v) is 5.32. The molecule has 0 bridgehead atoms. The predicted molar refractivity (Wildman–Crippen MR) is 124 cm³/mol. The highest BCUT2D eigenvalue weighted by atomic mass is 35.5. The highest BCUT2D eigenvalue weighted by Crippen LogP contribution is 2.36. The van der Waals surface area contributed by atoms with E-state index in [9.17, 15) is 5.26 Å². The van der Waals surface area contributed by atoms with Crippen molar-refractivity contribution in [1.29, 1.82) is 5.26 Å². The smallest absolute Gasteiger partial charge is 0.142 e. The second kappa shape index (κ2) is 10.1. The van der Waals surface area contributed by atoms with E-state index in [1.54, 1.807) is 0 Å². The van der Waals surface area contributed by atoms with E-state index in [0.29, 0.717) is 17.2 Å². The normalized spacial score (nSPS) is 10.6. The van der Waals surface area contributed by atoms with E-state index in [1.165, 1.54) is 19.3 Å². The van der Waals surface area contributed by atoms with Crippen molar-refractivity contribution < 1.29 is 4.74 Å². The van der Waals surface area contributed by atoms with Gasteiger partial charge in [-0.3, -0.25) is 0 Å². The van der Waals surface area contributed by atoms with E-state index in [4.69, 9.17) is 22.1 Å². The zero-order valence-electron chi connectivity index (χ0n) is 17.4. The van der Waals surface area contributed by atoms with E-state index in [2.05, 4.69) is 18.0 Å². The molecule has 0 spiro atoms. The number of nitrogens with two attached hydrogens (primary N) is 1. The Hall–Kier alpha value is -3.03. The van der Waals surface area contributed by atoms with Gasteiger partial charge in [-0.2, -0.15) is 5.26 Å². The first kappa shape index (κ1) is 21.7. The van der Waals surface area contributed by atoms with Crippen LogP contribution in [0, 0.1) is 18.3 Å². The number of aromatic nitrogens is 1. The largest absolute Gasteiger partial charge is 0.494 e. The number of anilines is 1. The van der Waals surface area contributed by atoms with Gasteiger partial charge in [0.1, 0.15) is 23.2 Å². The molecule has 4 nitrogen and oxygen atoms in total. The number of hydrogen-bond donors (Lipinski definition) is 1. The lowest BCUT2D eigenvalue weighted by molar-refractivity contribution is 0.305. The molecular formula is C25H26ClN3O. The second-order valence-electron chi connectivity index (χ2n) is 7.28. The topological polar surface area (TPSA) is 71.9 Å². The highest BCUT2D eigenvalue weighted by molar-refractivity contribution is 6.30. The molecule has 0 atom stereocenters. The lowest BCUT2D eigenvalue weighted by Gasteiger charge is -2.16. The zero-order valence-corrected chi connectivity index (χ0v) is 18.2. The minimum absolute atomic E-state index is 0.212. The number of ether oxygens (including phenoxy) is 1. The number of nitrogens with zero attached hydrogens (tertiary/aromatic N) is 2. The fourth-order valence-electron chi connectivity index (χ4n) is 3.52. The van der Waals surface area contributed by atoms with E-state index in [1.807, 2.05) is 55.5 Å². The number of hydrogen-bond acceptors (Lipinski definition) is 4. The summed E-state index contributed by atoms with van der Waals surface area (Å²) in [5, 5.41) is 10.3. The molecular weight excluding hydrogens is 394 g/mol. The first-order chi connectivity index (χ1) is 14.5. The minimum atomic E-state index is 0.212. The quantitative estimate of drug-likeness (QED) is 0.408. The van der Waals surface area contributed by atoms with E-state index in [0.717, 1.165) is 40.1 Å². The third kappa shape index (κ3) is 4.93. The SMILES string of the molecule is CCCCCCOc1ccc(-c2c(C)c(-c3cccc(Cl)c3)nc(N)c2C#N)cc1. The van der Waals surface area contributed by atoms with Crippen molar-refractivity contribution in [3.63, 3.8) is 0 Å². The molecule has 2 aromatic carbocycles. The van der Waals surface area contributed by atoms with Gasteiger partial charge in [0.2, 0.25) is 0 Å². The molecule has 5 heteroatoms. The van der Waals surface area contributed by atoms with Crippen LogP contribution in [0.15, 0.2) is 48.5 Å². The van der Waals surface area contributed by atoms with Crippen LogP contribution in [0.2, 0.25) is 5.02 Å². The molecule has 0 saturated carbocycles. The summed E-state index contributed by atoms with van der Waals surface area (Å²) < 4.78 is 5.84. The van der Waals surface area contributed by atoms with Crippen LogP contribution in [-0.4, -0.2) is 11.6 Å². The van der Waals surface area contributed by atoms with Crippen molar-refractivity contribution in [2.24, 2.45) is 0 Å². The highest BCUT2D eigenvalue weighted by Gasteiger charge is 2.18. The maximum atomic E-state index is 9.72. The van der Waals surface area contributed by atoms with Crippen molar-refractivity contribution in [3.8, 4) is 34.2 Å². The summed E-state index contributed by atoms with van der Waals surface area (Å²) >= 11 is 6.16. The number of nitrogen functional groups attached to an aromatic ring is 1. The van der Waals surface area contributed by atoms with Gasteiger partial charge >= 0.3 is 0 Å². The molecule has 3 aromatic rings. The predicted octanol–water partition coefficient (Wildman–Crippen LogP) is 6.79. The van der Waals surface area contributed by atoms with Crippen molar-refractivity contribution in [1.82, 2.24) is 4.98 Å². The van der Waals surface area contributed by atoms with E-state index in [-0.39, 0.29) is 5.82 Å². The van der Waals surface area contributed by atoms with Crippen LogP contribution in [0.5, 0.6) is 5.75 Å². The molecule has 30 heavy (non-hydrogen) atoms. The number of halogens is 1. The molecule has 2 N–H and O–H groups in total. The Bertz CT molecular complexity index is 1060. The standard InChI is InChI=1S/C25H26ClN3O/c1-3-4-5-6-14-30-21-12-10-18(11-13-21)23-17(2)24(29-25(28)22(23)16-27)19-8-7-9-20(26)15-19/h7-13,15H,3-6,14H2,1-2H3,(H2,28,29). The summed E-state index contributed by atoms with van der Waals surface area (Å²) in [6, 6.07) is 17.5. The average Bonchev–Trinajstić information content (AvgIpc) is 2.75. The van der Waals surface area contributed by atoms with Gasteiger partial charge in [0, 0.05) is 16.1 Å². The van der Waals surface area contributed by atoms with Gasteiger partial charge in [-0.15, -0.1) is 0 Å². The number of nitriles is 1. The minimum Gasteiger partial charge on any atom is -0.494 e. The van der Waals surface area contributed by atoms with Gasteiger partial charge in [-0.1, -0.05) is 62.1 Å². The van der Waals surface area contributed by atoms with Crippen molar-refractivity contribution >= 4 is 17.4 Å². The van der Waals surface area contributed by atoms with Gasteiger partial charge in [0.25, 0.3) is 0 Å². The summed E-state index contributed by atoms with van der Waals surface area (Å²) in [5.74, 6) is 1.04. The molecule has 154 valence electrons. The van der Waals surface area contributed by atoms with Crippen LogP contribution in [0.4, 0.5) is 5.82 Å². The Morgan fingerprint density at radius 3 is 2.50 bits per heavy atom. The summed E-state index contributed by atoms with van der Waals surface area (Å²) in [5.41, 5.74) is 10.7. The Kier molecular flexibility index (Phi) is 7.32. The zero-order chi connectivity index (χ0) is 21.5. The van der Waals surface area contributed by atoms with Gasteiger partial charge in [-0.25, -0.2) is 4.98 Å². The molecule has 1 aromatic heterocycles. The van der Waals surface area contributed by atoms with E-state index < -0.39 is 0 Å². The monoisotopic (exact) mass is 419 g/mol. The molecule has 0 aliphatic carbocycles. The average molecular weight is 420 g/mol. The lowest BCUT2D eigenvalue weighted by atomic mass is 9.93.